The van der Waals surface area contributed by atoms with E-state index in [0.717, 1.165) is 0 Å². The van der Waals surface area contributed by atoms with Gasteiger partial charge in [0.15, 0.2) is 0 Å². The van der Waals surface area contributed by atoms with Gasteiger partial charge in [0.1, 0.15) is 18.1 Å². The van der Waals surface area contributed by atoms with Crippen LogP contribution >= 0.6 is 0 Å². The number of aromatic nitrogens is 4. The first kappa shape index (κ1) is 16.5. The summed E-state index contributed by atoms with van der Waals surface area (Å²) in [5.41, 5.74) is 1.82. The van der Waals surface area contributed by atoms with Crippen LogP contribution in [0.25, 0.3) is 5.69 Å². The number of benzene rings is 1. The minimum absolute atomic E-state index is 0.241. The monoisotopic (exact) mass is 355 g/mol. The van der Waals surface area contributed by atoms with Crippen molar-refractivity contribution in [1.29, 1.82) is 0 Å². The van der Waals surface area contributed by atoms with Crippen LogP contribution in [0.5, 0.6) is 5.88 Å². The van der Waals surface area contributed by atoms with Gasteiger partial charge in [0, 0.05) is 31.4 Å². The summed E-state index contributed by atoms with van der Waals surface area (Å²) in [5.74, 6) is 0.231. The second-order valence-corrected chi connectivity index (χ2v) is 5.85. The van der Waals surface area contributed by atoms with Crippen molar-refractivity contribution in [2.45, 2.75) is 6.61 Å². The van der Waals surface area contributed by atoms with Gasteiger partial charge in [-0.3, -0.25) is 0 Å². The summed E-state index contributed by atoms with van der Waals surface area (Å²) in [7, 11) is 0. The quantitative estimate of drug-likeness (QED) is 0.699. The lowest BCUT2D eigenvalue weighted by molar-refractivity contribution is 0.122. The Hall–Kier alpha value is -3.00. The van der Waals surface area contributed by atoms with E-state index in [0.29, 0.717) is 49.3 Å². The lowest BCUT2D eigenvalue weighted by Gasteiger charge is -2.29. The highest BCUT2D eigenvalue weighted by molar-refractivity contribution is 5.52. The molecule has 8 heteroatoms. The van der Waals surface area contributed by atoms with E-state index in [1.54, 1.807) is 24.5 Å². The van der Waals surface area contributed by atoms with E-state index in [4.69, 9.17) is 9.47 Å². The van der Waals surface area contributed by atoms with Crippen molar-refractivity contribution in [1.82, 2.24) is 20.0 Å². The van der Waals surface area contributed by atoms with Gasteiger partial charge >= 0.3 is 0 Å². The predicted octanol–water partition coefficient (Wildman–Crippen LogP) is 2.22. The fourth-order valence-electron chi connectivity index (χ4n) is 2.77. The van der Waals surface area contributed by atoms with Gasteiger partial charge in [0.25, 0.3) is 0 Å². The van der Waals surface area contributed by atoms with E-state index < -0.39 is 0 Å². The summed E-state index contributed by atoms with van der Waals surface area (Å²) in [6.45, 7) is 2.85. The van der Waals surface area contributed by atoms with E-state index in [1.807, 2.05) is 23.1 Å². The van der Waals surface area contributed by atoms with Crippen LogP contribution < -0.4 is 9.64 Å². The average Bonchev–Trinajstić information content (AvgIpc) is 3.17. The fraction of sp³-hybridized carbons (Fsp3) is 0.278. The topological polar surface area (TPSA) is 65.3 Å². The van der Waals surface area contributed by atoms with Crippen LogP contribution in [0, 0.1) is 5.82 Å². The Labute approximate surface area is 150 Å². The molecule has 0 spiro atoms. The number of ether oxygens (including phenoxy) is 2. The molecule has 134 valence electrons. The number of hydrogen-bond acceptors (Lipinski definition) is 6. The summed E-state index contributed by atoms with van der Waals surface area (Å²) < 4.78 is 26.9. The SMILES string of the molecule is Fc1cc(-n2cc(COc3ccccn3)nn2)ccc1N1CCOCC1. The maximum absolute atomic E-state index is 14.5. The van der Waals surface area contributed by atoms with Crippen LogP contribution in [-0.2, 0) is 11.3 Å². The fourth-order valence-corrected chi connectivity index (χ4v) is 2.77. The predicted molar refractivity (Wildman–Crippen MR) is 92.9 cm³/mol. The molecule has 0 aliphatic carbocycles. The van der Waals surface area contributed by atoms with Crippen LogP contribution in [0.1, 0.15) is 5.69 Å². The first-order chi connectivity index (χ1) is 12.8. The molecule has 0 saturated carbocycles. The third kappa shape index (κ3) is 3.65. The van der Waals surface area contributed by atoms with Crippen LogP contribution in [0.4, 0.5) is 10.1 Å². The van der Waals surface area contributed by atoms with Crippen molar-refractivity contribution in [2.24, 2.45) is 0 Å². The number of pyridine rings is 1. The van der Waals surface area contributed by atoms with Gasteiger partial charge < -0.3 is 14.4 Å². The molecule has 0 N–H and O–H groups in total. The third-order valence-electron chi connectivity index (χ3n) is 4.09. The van der Waals surface area contributed by atoms with Gasteiger partial charge in [-0.05, 0) is 18.2 Å². The summed E-state index contributed by atoms with van der Waals surface area (Å²) in [5, 5.41) is 8.11. The minimum Gasteiger partial charge on any atom is -0.471 e. The Bertz CT molecular complexity index is 865. The third-order valence-corrected chi connectivity index (χ3v) is 4.09. The molecule has 4 rings (SSSR count). The van der Waals surface area contributed by atoms with Crippen molar-refractivity contribution in [3.05, 3.63) is 60.3 Å². The largest absolute Gasteiger partial charge is 0.471 e. The molecule has 0 unspecified atom stereocenters. The molecule has 26 heavy (non-hydrogen) atoms. The molecule has 1 fully saturated rings. The average molecular weight is 355 g/mol. The molecule has 1 aliphatic rings. The zero-order valence-electron chi connectivity index (χ0n) is 14.1. The van der Waals surface area contributed by atoms with Crippen molar-refractivity contribution in [2.75, 3.05) is 31.2 Å². The summed E-state index contributed by atoms with van der Waals surface area (Å²) in [6.07, 6.45) is 3.37. The van der Waals surface area contributed by atoms with Crippen LogP contribution in [0.2, 0.25) is 0 Å². The van der Waals surface area contributed by atoms with Crippen molar-refractivity contribution >= 4 is 5.69 Å². The molecular weight excluding hydrogens is 337 g/mol. The van der Waals surface area contributed by atoms with Gasteiger partial charge in [0.2, 0.25) is 5.88 Å². The highest BCUT2D eigenvalue weighted by Gasteiger charge is 2.16. The molecular formula is C18H18FN5O2. The molecule has 1 aliphatic heterocycles. The molecule has 3 aromatic rings. The molecule has 0 atom stereocenters. The standard InChI is InChI=1S/C18H18FN5O2/c19-16-11-15(4-5-17(16)23-7-9-25-10-8-23)24-12-14(21-22-24)13-26-18-3-1-2-6-20-18/h1-6,11-12H,7-10,13H2. The highest BCUT2D eigenvalue weighted by atomic mass is 19.1. The number of halogens is 1. The Morgan fingerprint density at radius 3 is 2.81 bits per heavy atom. The number of anilines is 1. The lowest BCUT2D eigenvalue weighted by Crippen LogP contribution is -2.36. The number of hydrogen-bond donors (Lipinski definition) is 0. The maximum atomic E-state index is 14.5. The zero-order chi connectivity index (χ0) is 17.8. The summed E-state index contributed by atoms with van der Waals surface area (Å²) >= 11 is 0. The minimum atomic E-state index is -0.286. The van der Waals surface area contributed by atoms with Crippen molar-refractivity contribution in [3.63, 3.8) is 0 Å². The van der Waals surface area contributed by atoms with Crippen LogP contribution in [0.15, 0.2) is 48.8 Å². The van der Waals surface area contributed by atoms with Gasteiger partial charge in [-0.1, -0.05) is 11.3 Å². The molecule has 1 saturated heterocycles. The van der Waals surface area contributed by atoms with Crippen molar-refractivity contribution in [3.8, 4) is 11.6 Å². The maximum Gasteiger partial charge on any atom is 0.213 e. The Kier molecular flexibility index (Phi) is 4.74. The number of rotatable bonds is 5. The van der Waals surface area contributed by atoms with E-state index in [9.17, 15) is 4.39 Å². The molecule has 1 aromatic carbocycles. The Balaban J connectivity index is 1.46. The van der Waals surface area contributed by atoms with E-state index in [-0.39, 0.29) is 12.4 Å². The van der Waals surface area contributed by atoms with Crippen molar-refractivity contribution < 1.29 is 13.9 Å². The lowest BCUT2D eigenvalue weighted by atomic mass is 10.2. The Morgan fingerprint density at radius 1 is 1.15 bits per heavy atom. The molecule has 0 radical (unpaired) electrons. The smallest absolute Gasteiger partial charge is 0.213 e. The van der Waals surface area contributed by atoms with Gasteiger partial charge in [0.05, 0.1) is 30.8 Å². The van der Waals surface area contributed by atoms with Crippen LogP contribution in [-0.4, -0.2) is 46.3 Å². The summed E-state index contributed by atoms with van der Waals surface area (Å²) in [4.78, 5) is 6.07. The molecule has 0 bridgehead atoms. The molecule has 2 aromatic heterocycles. The van der Waals surface area contributed by atoms with Gasteiger partial charge in [-0.25, -0.2) is 14.1 Å². The second kappa shape index (κ2) is 7.49. The summed E-state index contributed by atoms with van der Waals surface area (Å²) in [6, 6.07) is 10.5. The normalized spacial score (nSPS) is 14.4. The zero-order valence-corrected chi connectivity index (χ0v) is 14.1. The van der Waals surface area contributed by atoms with E-state index >= 15 is 0 Å². The van der Waals surface area contributed by atoms with Gasteiger partial charge in [-0.2, -0.15) is 0 Å². The van der Waals surface area contributed by atoms with Gasteiger partial charge in [-0.15, -0.1) is 5.10 Å². The van der Waals surface area contributed by atoms with E-state index in [2.05, 4.69) is 15.3 Å². The molecule has 7 nitrogen and oxygen atoms in total. The Morgan fingerprint density at radius 2 is 2.04 bits per heavy atom. The molecule has 0 amide bonds. The number of morpholine rings is 1. The van der Waals surface area contributed by atoms with E-state index in [1.165, 1.54) is 10.7 Å². The highest BCUT2D eigenvalue weighted by Crippen LogP contribution is 2.23. The van der Waals surface area contributed by atoms with Crippen LogP contribution in [0.3, 0.4) is 0 Å². The first-order valence-electron chi connectivity index (χ1n) is 8.37. The number of nitrogens with zero attached hydrogens (tertiary/aromatic N) is 5. The molecule has 3 heterocycles. The first-order valence-corrected chi connectivity index (χ1v) is 8.37. The second-order valence-electron chi connectivity index (χ2n) is 5.85.